The van der Waals surface area contributed by atoms with Crippen LogP contribution < -0.4 is 14.0 Å². The first-order valence-electron chi connectivity index (χ1n) is 35.9. The lowest BCUT2D eigenvalue weighted by Gasteiger charge is -2.47. The van der Waals surface area contributed by atoms with Gasteiger partial charge in [-0.2, -0.15) is 124 Å². The maximum Gasteiger partial charge on any atom is 0.864 e. The number of hydrogen-bond donors (Lipinski definition) is 0. The Bertz CT molecular complexity index is 2790. The van der Waals surface area contributed by atoms with Gasteiger partial charge in [-0.15, -0.1) is 6.07 Å². The zero-order valence-electron chi connectivity index (χ0n) is 58.9. The molecule has 588 valence electrons. The topological polar surface area (TPSA) is 27.7 Å². The minimum Gasteiger partial charge on any atom is -0.490 e. The summed E-state index contributed by atoms with van der Waals surface area (Å²) in [6.07, 6.45) is -15.7. The Morgan fingerprint density at radius 2 is 0.544 bits per heavy atom. The van der Waals surface area contributed by atoms with Crippen molar-refractivity contribution >= 4 is 7.32 Å². The molecule has 0 aliphatic heterocycles. The van der Waals surface area contributed by atoms with Crippen LogP contribution in [0.2, 0.25) is 0 Å². The third kappa shape index (κ3) is 34.4. The van der Waals surface area contributed by atoms with E-state index in [1.54, 1.807) is 6.07 Å². The van der Waals surface area contributed by atoms with E-state index in [0.29, 0.717) is 63.5 Å². The van der Waals surface area contributed by atoms with Gasteiger partial charge < -0.3 is 18.4 Å². The molecule has 0 saturated carbocycles. The molecular formula is C74H98BF24NO3. The Hall–Kier alpha value is -5.38. The smallest absolute Gasteiger partial charge is 0.490 e. The predicted molar refractivity (Wildman–Crippen MR) is 350 cm³/mol. The summed E-state index contributed by atoms with van der Waals surface area (Å²) in [6.45, 7) is 8.86. The minimum atomic E-state index is -5.67. The Kier molecular flexibility index (Phi) is 38.7. The van der Waals surface area contributed by atoms with E-state index in [4.69, 9.17) is 14.0 Å². The van der Waals surface area contributed by atoms with Crippen molar-refractivity contribution in [3.63, 3.8) is 0 Å². The fraction of sp³-hybridized carbons (Fsp3) is 0.676. The summed E-state index contributed by atoms with van der Waals surface area (Å²) in [5.41, 5.74) is -15.8. The van der Waals surface area contributed by atoms with Gasteiger partial charge in [0.25, 0.3) is 0 Å². The van der Waals surface area contributed by atoms with Gasteiger partial charge in [-0.25, -0.2) is 0 Å². The summed E-state index contributed by atoms with van der Waals surface area (Å²) in [5.74, 6) is -4.46. The van der Waals surface area contributed by atoms with E-state index in [-0.39, 0.29) is 91.6 Å². The molecule has 0 N–H and O–H groups in total. The molecule has 0 aliphatic carbocycles. The SMILES string of the molecule is CCCCCCCCCCCCCCCCCC(c1c(OB(Oc2cc(C(F)(F)F)cc(C(F)(F)F)c2)Oc2cc(C(F)(F)F)cc(C(F)(F)F)c2)cc(C(F)(F)F)cc1C(F)(F)F)[N+](CCCCCCCC)(CCCCCCCC)CCCCCCCC.FC(F)(F)c1c[c-]cc(C(F)(F)F)c1. The molecule has 0 radical (unpaired) electrons. The summed E-state index contributed by atoms with van der Waals surface area (Å²) >= 11 is 0. The van der Waals surface area contributed by atoms with Gasteiger partial charge in [-0.3, -0.25) is 0 Å². The molecule has 103 heavy (non-hydrogen) atoms. The Morgan fingerprint density at radius 3 is 0.816 bits per heavy atom. The molecule has 0 aromatic heterocycles. The predicted octanol–water partition coefficient (Wildman–Crippen LogP) is 29.0. The highest BCUT2D eigenvalue weighted by Gasteiger charge is 2.49. The number of halogens is 24. The monoisotopic (exact) mass is 1520 g/mol. The van der Waals surface area contributed by atoms with Crippen molar-refractivity contribution in [3.8, 4) is 17.2 Å². The average molecular weight is 1520 g/mol. The molecule has 4 rings (SSSR count). The lowest BCUT2D eigenvalue weighted by molar-refractivity contribution is -0.958. The first-order chi connectivity index (χ1) is 48.0. The highest BCUT2D eigenvalue weighted by molar-refractivity contribution is 6.39. The van der Waals surface area contributed by atoms with Crippen molar-refractivity contribution in [2.45, 2.75) is 301 Å². The van der Waals surface area contributed by atoms with Crippen LogP contribution in [0.3, 0.4) is 0 Å². The van der Waals surface area contributed by atoms with Gasteiger partial charge in [0.2, 0.25) is 0 Å². The Morgan fingerprint density at radius 1 is 0.291 bits per heavy atom. The zero-order valence-corrected chi connectivity index (χ0v) is 58.9. The first-order valence-corrected chi connectivity index (χ1v) is 35.9. The summed E-state index contributed by atoms with van der Waals surface area (Å²) in [7, 11) is -3.28. The molecule has 0 aliphatic rings. The normalized spacial score (nSPS) is 13.3. The largest absolute Gasteiger partial charge is 0.864 e. The van der Waals surface area contributed by atoms with Crippen LogP contribution in [0, 0.1) is 6.07 Å². The van der Waals surface area contributed by atoms with Crippen molar-refractivity contribution < 1.29 is 124 Å². The molecule has 0 bridgehead atoms. The van der Waals surface area contributed by atoms with Gasteiger partial charge in [0.05, 0.1) is 58.6 Å². The van der Waals surface area contributed by atoms with Gasteiger partial charge in [0, 0.05) is 6.42 Å². The number of unbranched alkanes of at least 4 members (excludes halogenated alkanes) is 29. The van der Waals surface area contributed by atoms with Gasteiger partial charge >= 0.3 is 56.7 Å². The van der Waals surface area contributed by atoms with Crippen molar-refractivity contribution in [1.82, 2.24) is 0 Å². The highest BCUT2D eigenvalue weighted by atomic mass is 19.4. The van der Waals surface area contributed by atoms with E-state index in [2.05, 4.69) is 6.92 Å². The van der Waals surface area contributed by atoms with Gasteiger partial charge in [-0.05, 0) is 93.5 Å². The van der Waals surface area contributed by atoms with Crippen LogP contribution in [0.25, 0.3) is 0 Å². The molecule has 0 amide bonds. The molecular weight excluding hydrogens is 1420 g/mol. The molecule has 4 aromatic carbocycles. The van der Waals surface area contributed by atoms with Crippen LogP contribution >= 0.6 is 0 Å². The quantitative estimate of drug-likeness (QED) is 0.0145. The summed E-state index contributed by atoms with van der Waals surface area (Å²) in [4.78, 5) is 0. The third-order valence-electron chi connectivity index (χ3n) is 18.0. The van der Waals surface area contributed by atoms with Gasteiger partial charge in [-0.1, -0.05) is 206 Å². The van der Waals surface area contributed by atoms with Gasteiger partial charge in [0.15, 0.2) is 0 Å². The maximum absolute atomic E-state index is 16.3. The van der Waals surface area contributed by atoms with Crippen LogP contribution in [0.4, 0.5) is 105 Å². The molecule has 1 unspecified atom stereocenters. The maximum atomic E-state index is 16.3. The zero-order chi connectivity index (χ0) is 77.4. The second-order valence-electron chi connectivity index (χ2n) is 26.5. The van der Waals surface area contributed by atoms with Crippen LogP contribution in [0.15, 0.2) is 66.7 Å². The van der Waals surface area contributed by atoms with Crippen LogP contribution in [-0.2, 0) is 49.4 Å². The number of alkyl halides is 24. The average Bonchev–Trinajstić information content (AvgIpc) is 0.747. The van der Waals surface area contributed by atoms with Crippen molar-refractivity contribution in [2.24, 2.45) is 0 Å². The summed E-state index contributed by atoms with van der Waals surface area (Å²) in [5, 5.41) is 0. The van der Waals surface area contributed by atoms with E-state index in [1.807, 2.05) is 20.8 Å². The fourth-order valence-corrected chi connectivity index (χ4v) is 12.5. The molecule has 4 aromatic rings. The minimum absolute atomic E-state index is 0.0521. The number of nitrogens with zero attached hydrogens (tertiary/aromatic N) is 1. The summed E-state index contributed by atoms with van der Waals surface area (Å²) in [6, 6.07) is 0.324. The molecule has 4 nitrogen and oxygen atoms in total. The number of hydrogen-bond acceptors (Lipinski definition) is 3. The van der Waals surface area contributed by atoms with Gasteiger partial charge in [0.1, 0.15) is 23.3 Å². The molecule has 0 spiro atoms. The fourth-order valence-electron chi connectivity index (χ4n) is 12.5. The third-order valence-corrected chi connectivity index (χ3v) is 18.0. The number of quaternary nitrogens is 1. The first kappa shape index (κ1) is 91.8. The van der Waals surface area contributed by atoms with Crippen molar-refractivity contribution in [1.29, 1.82) is 0 Å². The Labute approximate surface area is 590 Å². The van der Waals surface area contributed by atoms with Crippen LogP contribution in [0.5, 0.6) is 17.2 Å². The van der Waals surface area contributed by atoms with Crippen molar-refractivity contribution in [3.05, 3.63) is 123 Å². The summed E-state index contributed by atoms with van der Waals surface area (Å²) < 4.78 is 355. The highest BCUT2D eigenvalue weighted by Crippen LogP contribution is 2.50. The van der Waals surface area contributed by atoms with E-state index in [9.17, 15) is 79.0 Å². The molecule has 0 saturated heterocycles. The molecule has 29 heteroatoms. The lowest BCUT2D eigenvalue weighted by Crippen LogP contribution is -2.53. The number of benzene rings is 4. The second-order valence-corrected chi connectivity index (χ2v) is 26.5. The van der Waals surface area contributed by atoms with E-state index < -0.39 is 130 Å². The second kappa shape index (κ2) is 43.4. The Balaban J connectivity index is 0.00000175. The van der Waals surface area contributed by atoms with Crippen LogP contribution in [-0.4, -0.2) is 31.4 Å². The standard InChI is InChI=1S/C66H95BF18NO3.C8H3F6/c1-5-9-13-17-21-22-23-24-25-26-27-28-29-30-34-38-58(86(39-35-31-18-14-10-6-2,40-36-32-19-15-11-7-3)41-37-33-20-16-12-8-4)60-57(66(83,84)85)48-54(65(80,81)82)49-59(60)89-67(87-55-44-50(61(68,69)70)42-51(45-55)62(71,72)73)88-56-46-52(63(74,75)76)43-53(47-56)64(77,78)79;9-7(10,11)5-2-1-3-6(4-5)8(12,13)14/h42-49,58H,5-41H2,1-4H3;2-4H/q+1;-1. The molecule has 0 heterocycles. The van der Waals surface area contributed by atoms with Crippen molar-refractivity contribution in [2.75, 3.05) is 19.6 Å². The molecule has 1 atom stereocenters. The number of rotatable bonds is 45. The van der Waals surface area contributed by atoms with Crippen LogP contribution in [0.1, 0.15) is 302 Å². The lowest BCUT2D eigenvalue weighted by atomic mass is 9.87. The van der Waals surface area contributed by atoms with E-state index in [1.165, 1.54) is 25.7 Å². The van der Waals surface area contributed by atoms with E-state index >= 15 is 26.3 Å². The van der Waals surface area contributed by atoms with E-state index in [0.717, 1.165) is 128 Å². The molecule has 0 fully saturated rings.